The Bertz CT molecular complexity index is 616. The van der Waals surface area contributed by atoms with Crippen LogP contribution in [0.25, 0.3) is 0 Å². The average Bonchev–Trinajstić information content (AvgIpc) is 2.57. The lowest BCUT2D eigenvalue weighted by Crippen LogP contribution is -2.34. The molecule has 23 heavy (non-hydrogen) atoms. The van der Waals surface area contributed by atoms with Gasteiger partial charge in [-0.2, -0.15) is 11.8 Å². The van der Waals surface area contributed by atoms with Crippen LogP contribution in [0, 0.1) is 6.92 Å². The second-order valence-corrected chi connectivity index (χ2v) is 6.29. The molecule has 1 N–H and O–H groups in total. The first kappa shape index (κ1) is 17.4. The summed E-state index contributed by atoms with van der Waals surface area (Å²) in [6.45, 7) is 4.26. The van der Waals surface area contributed by atoms with E-state index in [4.69, 9.17) is 4.74 Å². The van der Waals surface area contributed by atoms with Crippen molar-refractivity contribution >= 4 is 23.4 Å². The summed E-state index contributed by atoms with van der Waals surface area (Å²) in [6, 6.07) is 17.9. The van der Waals surface area contributed by atoms with Gasteiger partial charge in [-0.25, -0.2) is 4.79 Å². The molecule has 4 heteroatoms. The standard InChI is InChI=1S/C19H23NO2S/c1-3-22-19(21)18(20-17-12-8-7-9-15(17)2)14-23-13-16-10-5-4-6-11-16/h4-12,18,20H,3,13-14H2,1-2H3/t18-/m0/s1. The number of hydrogen-bond acceptors (Lipinski definition) is 4. The van der Waals surface area contributed by atoms with E-state index in [0.29, 0.717) is 12.4 Å². The zero-order chi connectivity index (χ0) is 16.5. The first-order valence-electron chi connectivity index (χ1n) is 7.81. The van der Waals surface area contributed by atoms with E-state index in [1.807, 2.05) is 56.3 Å². The molecule has 122 valence electrons. The van der Waals surface area contributed by atoms with Crippen LogP contribution >= 0.6 is 11.8 Å². The van der Waals surface area contributed by atoms with E-state index in [-0.39, 0.29) is 12.0 Å². The molecule has 0 fully saturated rings. The van der Waals surface area contributed by atoms with Crippen molar-refractivity contribution in [3.8, 4) is 0 Å². The highest BCUT2D eigenvalue weighted by atomic mass is 32.2. The van der Waals surface area contributed by atoms with Gasteiger partial charge < -0.3 is 10.1 Å². The van der Waals surface area contributed by atoms with Crippen LogP contribution in [-0.4, -0.2) is 24.4 Å². The molecular weight excluding hydrogens is 306 g/mol. The molecule has 0 aliphatic heterocycles. The summed E-state index contributed by atoms with van der Waals surface area (Å²) in [7, 11) is 0. The number of para-hydroxylation sites is 1. The van der Waals surface area contributed by atoms with Gasteiger partial charge in [-0.3, -0.25) is 0 Å². The van der Waals surface area contributed by atoms with Crippen LogP contribution in [0.4, 0.5) is 5.69 Å². The fourth-order valence-electron chi connectivity index (χ4n) is 2.20. The van der Waals surface area contributed by atoms with Gasteiger partial charge in [-0.15, -0.1) is 0 Å². The Kier molecular flexibility index (Phi) is 7.01. The molecule has 0 heterocycles. The molecule has 1 atom stereocenters. The Morgan fingerprint density at radius 2 is 1.83 bits per heavy atom. The highest BCUT2D eigenvalue weighted by Crippen LogP contribution is 2.19. The fraction of sp³-hybridized carbons (Fsp3) is 0.316. The number of esters is 1. The first-order chi connectivity index (χ1) is 11.2. The van der Waals surface area contributed by atoms with E-state index in [1.54, 1.807) is 11.8 Å². The third-order valence-corrected chi connectivity index (χ3v) is 4.55. The van der Waals surface area contributed by atoms with E-state index >= 15 is 0 Å². The minimum atomic E-state index is -0.343. The predicted octanol–water partition coefficient (Wildman–Crippen LogP) is 4.27. The molecule has 0 unspecified atom stereocenters. The van der Waals surface area contributed by atoms with Crippen LogP contribution in [0.1, 0.15) is 18.1 Å². The lowest BCUT2D eigenvalue weighted by atomic mass is 10.2. The van der Waals surface area contributed by atoms with Gasteiger partial charge in [0, 0.05) is 17.2 Å². The van der Waals surface area contributed by atoms with E-state index in [2.05, 4.69) is 17.4 Å². The smallest absolute Gasteiger partial charge is 0.329 e. The summed E-state index contributed by atoms with van der Waals surface area (Å²) in [5.74, 6) is 1.35. The lowest BCUT2D eigenvalue weighted by molar-refractivity contribution is -0.143. The number of thioether (sulfide) groups is 1. The number of aryl methyl sites for hydroxylation is 1. The van der Waals surface area contributed by atoms with Gasteiger partial charge in [0.2, 0.25) is 0 Å². The van der Waals surface area contributed by atoms with Gasteiger partial charge in [-0.05, 0) is 31.0 Å². The molecule has 0 bridgehead atoms. The van der Waals surface area contributed by atoms with Crippen molar-refractivity contribution in [2.45, 2.75) is 25.6 Å². The third kappa shape index (κ3) is 5.64. The van der Waals surface area contributed by atoms with Crippen molar-refractivity contribution in [3.05, 3.63) is 65.7 Å². The lowest BCUT2D eigenvalue weighted by Gasteiger charge is -2.19. The van der Waals surface area contributed by atoms with E-state index < -0.39 is 0 Å². The summed E-state index contributed by atoms with van der Waals surface area (Å²) in [6.07, 6.45) is 0. The minimum absolute atomic E-state index is 0.198. The van der Waals surface area contributed by atoms with E-state index in [9.17, 15) is 4.79 Å². The summed E-state index contributed by atoms with van der Waals surface area (Å²) in [5.41, 5.74) is 3.36. The van der Waals surface area contributed by atoms with Crippen molar-refractivity contribution in [1.29, 1.82) is 0 Å². The van der Waals surface area contributed by atoms with Crippen LogP contribution in [0.3, 0.4) is 0 Å². The maximum atomic E-state index is 12.2. The number of carbonyl (C=O) groups excluding carboxylic acids is 1. The maximum Gasteiger partial charge on any atom is 0.329 e. The monoisotopic (exact) mass is 329 g/mol. The Balaban J connectivity index is 1.97. The largest absolute Gasteiger partial charge is 0.464 e. The SMILES string of the molecule is CCOC(=O)[C@H](CSCc1ccccc1)Nc1ccccc1C. The highest BCUT2D eigenvalue weighted by Gasteiger charge is 2.20. The quantitative estimate of drug-likeness (QED) is 0.734. The van der Waals surface area contributed by atoms with Crippen molar-refractivity contribution < 1.29 is 9.53 Å². The number of anilines is 1. The Labute approximate surface area is 142 Å². The van der Waals surface area contributed by atoms with Gasteiger partial charge >= 0.3 is 5.97 Å². The number of nitrogens with one attached hydrogen (secondary N) is 1. The predicted molar refractivity (Wildman–Crippen MR) is 97.8 cm³/mol. The van der Waals surface area contributed by atoms with Crippen LogP contribution in [0.15, 0.2) is 54.6 Å². The molecule has 0 saturated carbocycles. The molecule has 0 aromatic heterocycles. The molecule has 0 aliphatic rings. The number of carbonyl (C=O) groups is 1. The van der Waals surface area contributed by atoms with Crippen molar-refractivity contribution in [1.82, 2.24) is 0 Å². The topological polar surface area (TPSA) is 38.3 Å². The molecule has 0 saturated heterocycles. The zero-order valence-corrected chi connectivity index (χ0v) is 14.4. The Morgan fingerprint density at radius 1 is 1.13 bits per heavy atom. The summed E-state index contributed by atoms with van der Waals surface area (Å²) < 4.78 is 5.20. The van der Waals surface area contributed by atoms with Gasteiger partial charge in [0.15, 0.2) is 0 Å². The van der Waals surface area contributed by atoms with Crippen molar-refractivity contribution in [2.24, 2.45) is 0 Å². The highest BCUT2D eigenvalue weighted by molar-refractivity contribution is 7.98. The molecular formula is C19H23NO2S. The van der Waals surface area contributed by atoms with Gasteiger partial charge in [0.1, 0.15) is 6.04 Å². The van der Waals surface area contributed by atoms with Crippen LogP contribution in [0.2, 0.25) is 0 Å². The normalized spacial score (nSPS) is 11.7. The second-order valence-electron chi connectivity index (χ2n) is 5.26. The summed E-state index contributed by atoms with van der Waals surface area (Å²) in [5, 5.41) is 3.32. The minimum Gasteiger partial charge on any atom is -0.464 e. The molecule has 3 nitrogen and oxygen atoms in total. The molecule has 0 radical (unpaired) electrons. The Hall–Kier alpha value is -1.94. The van der Waals surface area contributed by atoms with Crippen LogP contribution < -0.4 is 5.32 Å². The maximum absolute atomic E-state index is 12.2. The zero-order valence-electron chi connectivity index (χ0n) is 13.6. The Morgan fingerprint density at radius 3 is 2.52 bits per heavy atom. The van der Waals surface area contributed by atoms with Gasteiger partial charge in [-0.1, -0.05) is 48.5 Å². The molecule has 0 aliphatic carbocycles. The molecule has 2 aromatic rings. The summed E-state index contributed by atoms with van der Waals surface area (Å²) >= 11 is 1.73. The average molecular weight is 329 g/mol. The molecule has 2 aromatic carbocycles. The fourth-order valence-corrected chi connectivity index (χ4v) is 3.20. The summed E-state index contributed by atoms with van der Waals surface area (Å²) in [4.78, 5) is 12.2. The van der Waals surface area contributed by atoms with Crippen LogP contribution in [-0.2, 0) is 15.3 Å². The van der Waals surface area contributed by atoms with Crippen LogP contribution in [0.5, 0.6) is 0 Å². The van der Waals surface area contributed by atoms with Gasteiger partial charge in [0.25, 0.3) is 0 Å². The van der Waals surface area contributed by atoms with Crippen molar-refractivity contribution in [3.63, 3.8) is 0 Å². The van der Waals surface area contributed by atoms with E-state index in [1.165, 1.54) is 5.56 Å². The first-order valence-corrected chi connectivity index (χ1v) is 8.96. The molecule has 2 rings (SSSR count). The van der Waals surface area contributed by atoms with Crippen molar-refractivity contribution in [2.75, 3.05) is 17.7 Å². The number of ether oxygens (including phenoxy) is 1. The molecule has 0 spiro atoms. The molecule has 0 amide bonds. The van der Waals surface area contributed by atoms with E-state index in [0.717, 1.165) is 17.0 Å². The third-order valence-electron chi connectivity index (χ3n) is 3.44. The number of hydrogen-bond donors (Lipinski definition) is 1. The van der Waals surface area contributed by atoms with Gasteiger partial charge in [0.05, 0.1) is 6.61 Å². The number of rotatable bonds is 8. The number of benzene rings is 2. The second kappa shape index (κ2) is 9.26.